The Bertz CT molecular complexity index is 1450. The topological polar surface area (TPSA) is 64.4 Å². The summed E-state index contributed by atoms with van der Waals surface area (Å²) >= 11 is 0. The minimum atomic E-state index is -4.45. The van der Waals surface area contributed by atoms with Gasteiger partial charge in [0.1, 0.15) is 5.75 Å². The van der Waals surface area contributed by atoms with E-state index in [9.17, 15) is 22.8 Å². The van der Waals surface area contributed by atoms with Crippen molar-refractivity contribution in [2.45, 2.75) is 31.7 Å². The fourth-order valence-electron chi connectivity index (χ4n) is 4.25. The first-order chi connectivity index (χ1) is 16.8. The number of ether oxygens (including phenoxy) is 1. The number of fused-ring (bicyclic) bond motifs is 2. The van der Waals surface area contributed by atoms with Crippen molar-refractivity contribution in [3.63, 3.8) is 0 Å². The van der Waals surface area contributed by atoms with Crippen molar-refractivity contribution >= 4 is 22.7 Å². The summed E-state index contributed by atoms with van der Waals surface area (Å²) in [4.78, 5) is 26.9. The summed E-state index contributed by atoms with van der Waals surface area (Å²) in [5.41, 5.74) is 1.39. The third-order valence-corrected chi connectivity index (χ3v) is 6.18. The summed E-state index contributed by atoms with van der Waals surface area (Å²) < 4.78 is 46.6. The minimum absolute atomic E-state index is 0.0701. The van der Waals surface area contributed by atoms with Crippen LogP contribution >= 0.6 is 0 Å². The van der Waals surface area contributed by atoms with Crippen LogP contribution in [0.2, 0.25) is 0 Å². The Morgan fingerprint density at radius 3 is 2.17 bits per heavy atom. The summed E-state index contributed by atoms with van der Waals surface area (Å²) in [6.45, 7) is -0.0701. The number of carbonyl (C=O) groups is 2. The molecule has 0 radical (unpaired) electrons. The molecule has 35 heavy (non-hydrogen) atoms. The van der Waals surface area contributed by atoms with Gasteiger partial charge in [-0.3, -0.25) is 14.5 Å². The van der Waals surface area contributed by atoms with E-state index in [-0.39, 0.29) is 12.6 Å². The lowest BCUT2D eigenvalue weighted by Crippen LogP contribution is -2.29. The molecule has 1 aliphatic carbocycles. The summed E-state index contributed by atoms with van der Waals surface area (Å²) in [6.07, 6.45) is -2.35. The summed E-state index contributed by atoms with van der Waals surface area (Å²) in [5.74, 6) is -0.187. The maximum atomic E-state index is 13.1. The average molecular weight is 477 g/mol. The Hall–Kier alpha value is -4.14. The third kappa shape index (κ3) is 3.73. The smallest absolute Gasteiger partial charge is 0.416 e. The van der Waals surface area contributed by atoms with E-state index in [2.05, 4.69) is 5.10 Å². The Labute approximate surface area is 197 Å². The average Bonchev–Trinajstić information content (AvgIpc) is 3.55. The first kappa shape index (κ1) is 21.4. The summed E-state index contributed by atoms with van der Waals surface area (Å²) in [6, 6.07) is 16.7. The molecule has 2 heterocycles. The number of hydrogen-bond donors (Lipinski definition) is 0. The molecule has 0 N–H and O–H groups in total. The SMILES string of the molecule is O=C1c2ccccc2C(=O)N1Cc1nn(-c2ccc(C(F)(F)F)cc2)c2cc(OC3CC3)ccc12. The maximum Gasteiger partial charge on any atom is 0.416 e. The molecule has 0 bridgehead atoms. The van der Waals surface area contributed by atoms with Gasteiger partial charge in [-0.15, -0.1) is 0 Å². The monoisotopic (exact) mass is 477 g/mol. The first-order valence-corrected chi connectivity index (χ1v) is 11.1. The second-order valence-electron chi connectivity index (χ2n) is 8.64. The van der Waals surface area contributed by atoms with Crippen LogP contribution in [-0.4, -0.2) is 32.6 Å². The van der Waals surface area contributed by atoms with E-state index in [1.807, 2.05) is 0 Å². The molecule has 1 saturated carbocycles. The van der Waals surface area contributed by atoms with Crippen molar-refractivity contribution < 1.29 is 27.5 Å². The van der Waals surface area contributed by atoms with Gasteiger partial charge in [0.05, 0.1) is 46.2 Å². The van der Waals surface area contributed by atoms with Crippen LogP contribution in [0, 0.1) is 0 Å². The molecule has 0 spiro atoms. The van der Waals surface area contributed by atoms with E-state index in [0.717, 1.165) is 29.9 Å². The van der Waals surface area contributed by atoms with Gasteiger partial charge in [0, 0.05) is 11.5 Å². The number of alkyl halides is 3. The predicted molar refractivity (Wildman–Crippen MR) is 120 cm³/mol. The van der Waals surface area contributed by atoms with Crippen LogP contribution in [0.15, 0.2) is 66.7 Å². The van der Waals surface area contributed by atoms with Crippen molar-refractivity contribution in [1.82, 2.24) is 14.7 Å². The van der Waals surface area contributed by atoms with Gasteiger partial charge in [-0.1, -0.05) is 12.1 Å². The predicted octanol–water partition coefficient (Wildman–Crippen LogP) is 5.38. The van der Waals surface area contributed by atoms with Crippen LogP contribution in [0.4, 0.5) is 13.2 Å². The zero-order valence-electron chi connectivity index (χ0n) is 18.2. The highest BCUT2D eigenvalue weighted by atomic mass is 19.4. The normalized spacial score (nSPS) is 15.7. The van der Waals surface area contributed by atoms with E-state index in [1.54, 1.807) is 42.5 Å². The molecule has 176 valence electrons. The van der Waals surface area contributed by atoms with Crippen molar-refractivity contribution in [2.75, 3.05) is 0 Å². The number of halogens is 3. The molecule has 0 unspecified atom stereocenters. The molecule has 6 nitrogen and oxygen atoms in total. The number of amides is 2. The van der Waals surface area contributed by atoms with E-state index < -0.39 is 23.6 Å². The Morgan fingerprint density at radius 2 is 1.57 bits per heavy atom. The highest BCUT2D eigenvalue weighted by Gasteiger charge is 2.36. The lowest BCUT2D eigenvalue weighted by atomic mass is 10.1. The molecule has 1 aromatic heterocycles. The Balaban J connectivity index is 1.42. The molecule has 0 saturated heterocycles. The number of imide groups is 1. The zero-order valence-corrected chi connectivity index (χ0v) is 18.2. The molecule has 4 aromatic rings. The summed E-state index contributed by atoms with van der Waals surface area (Å²) in [5, 5.41) is 5.29. The molecule has 9 heteroatoms. The van der Waals surface area contributed by atoms with Crippen molar-refractivity contribution in [2.24, 2.45) is 0 Å². The molecule has 3 aromatic carbocycles. The molecule has 1 fully saturated rings. The number of carbonyl (C=O) groups excluding carboxylic acids is 2. The van der Waals surface area contributed by atoms with Crippen LogP contribution in [0.3, 0.4) is 0 Å². The maximum absolute atomic E-state index is 13.1. The molecule has 1 aliphatic heterocycles. The van der Waals surface area contributed by atoms with Crippen molar-refractivity contribution in [3.05, 3.63) is 89.1 Å². The highest BCUT2D eigenvalue weighted by molar-refractivity contribution is 6.21. The number of nitrogens with zero attached hydrogens (tertiary/aromatic N) is 3. The number of rotatable bonds is 5. The fourth-order valence-corrected chi connectivity index (χ4v) is 4.25. The van der Waals surface area contributed by atoms with Gasteiger partial charge in [0.25, 0.3) is 11.8 Å². The second-order valence-corrected chi connectivity index (χ2v) is 8.64. The van der Waals surface area contributed by atoms with Crippen LogP contribution < -0.4 is 4.74 Å². The van der Waals surface area contributed by atoms with E-state index >= 15 is 0 Å². The Morgan fingerprint density at radius 1 is 0.914 bits per heavy atom. The molecule has 6 rings (SSSR count). The second kappa shape index (κ2) is 7.69. The van der Waals surface area contributed by atoms with Crippen molar-refractivity contribution in [3.8, 4) is 11.4 Å². The van der Waals surface area contributed by atoms with Gasteiger partial charge in [-0.2, -0.15) is 18.3 Å². The molecular weight excluding hydrogens is 459 g/mol. The van der Waals surface area contributed by atoms with Gasteiger partial charge in [-0.25, -0.2) is 4.68 Å². The van der Waals surface area contributed by atoms with Crippen LogP contribution in [0.25, 0.3) is 16.6 Å². The van der Waals surface area contributed by atoms with Gasteiger partial charge in [0.2, 0.25) is 0 Å². The fraction of sp³-hybridized carbons (Fsp3) is 0.192. The van der Waals surface area contributed by atoms with Gasteiger partial charge >= 0.3 is 6.18 Å². The van der Waals surface area contributed by atoms with Gasteiger partial charge in [0.15, 0.2) is 0 Å². The van der Waals surface area contributed by atoms with Crippen LogP contribution in [0.5, 0.6) is 5.75 Å². The third-order valence-electron chi connectivity index (χ3n) is 6.18. The van der Waals surface area contributed by atoms with E-state index in [1.165, 1.54) is 16.8 Å². The van der Waals surface area contributed by atoms with Gasteiger partial charge in [-0.05, 0) is 61.4 Å². The van der Waals surface area contributed by atoms with Crippen molar-refractivity contribution in [1.29, 1.82) is 0 Å². The quantitative estimate of drug-likeness (QED) is 0.362. The van der Waals surface area contributed by atoms with Gasteiger partial charge < -0.3 is 4.74 Å². The lowest BCUT2D eigenvalue weighted by molar-refractivity contribution is -0.137. The number of hydrogen-bond acceptors (Lipinski definition) is 4. The minimum Gasteiger partial charge on any atom is -0.490 e. The largest absolute Gasteiger partial charge is 0.490 e. The zero-order chi connectivity index (χ0) is 24.3. The Kier molecular flexibility index (Phi) is 4.70. The van der Waals surface area contributed by atoms with E-state index in [4.69, 9.17) is 4.74 Å². The van der Waals surface area contributed by atoms with E-state index in [0.29, 0.717) is 39.2 Å². The molecule has 2 amide bonds. The van der Waals surface area contributed by atoms with Crippen LogP contribution in [-0.2, 0) is 12.7 Å². The lowest BCUT2D eigenvalue weighted by Gasteiger charge is -2.12. The van der Waals surface area contributed by atoms with Crippen LogP contribution in [0.1, 0.15) is 44.8 Å². The number of benzene rings is 3. The highest BCUT2D eigenvalue weighted by Crippen LogP contribution is 2.34. The number of aromatic nitrogens is 2. The standard InChI is InChI=1S/C26H18F3N3O3/c27-26(28,29)15-5-7-16(8-6-15)32-23-13-18(35-17-9-10-17)11-12-21(23)22(30-32)14-31-24(33)19-3-1-2-4-20(19)25(31)34/h1-8,11-13,17H,9-10,14H2. The molecule has 2 aliphatic rings. The molecule has 0 atom stereocenters. The molecular formula is C26H18F3N3O3. The summed E-state index contributed by atoms with van der Waals surface area (Å²) in [7, 11) is 0. The first-order valence-electron chi connectivity index (χ1n) is 11.1.